The lowest BCUT2D eigenvalue weighted by Gasteiger charge is -2.38. The van der Waals surface area contributed by atoms with Gasteiger partial charge in [-0.3, -0.25) is 0 Å². The summed E-state index contributed by atoms with van der Waals surface area (Å²) in [7, 11) is 0. The lowest BCUT2D eigenvalue weighted by atomic mass is 9.91. The van der Waals surface area contributed by atoms with Gasteiger partial charge >= 0.3 is 0 Å². The average molecular weight is 447 g/mol. The molecule has 3 nitrogen and oxygen atoms in total. The van der Waals surface area contributed by atoms with E-state index in [-0.39, 0.29) is 30.1 Å². The molecule has 180 valence electrons. The van der Waals surface area contributed by atoms with Crippen LogP contribution in [0.2, 0.25) is 0 Å². The van der Waals surface area contributed by atoms with Crippen LogP contribution in [0.25, 0.3) is 0 Å². The van der Waals surface area contributed by atoms with Crippen LogP contribution in [0.5, 0.6) is 0 Å². The number of rotatable bonds is 16. The molecule has 1 unspecified atom stereocenters. The summed E-state index contributed by atoms with van der Waals surface area (Å²) in [6, 6.07) is 1.40. The van der Waals surface area contributed by atoms with E-state index >= 15 is 0 Å². The highest BCUT2D eigenvalue weighted by atomic mass is 19.1. The Morgan fingerprint density at radius 2 is 1.29 bits per heavy atom. The van der Waals surface area contributed by atoms with E-state index in [0.29, 0.717) is 31.4 Å². The van der Waals surface area contributed by atoms with E-state index in [9.17, 15) is 18.3 Å². The quantitative estimate of drug-likeness (QED) is 0.214. The Morgan fingerprint density at radius 3 is 1.81 bits per heavy atom. The number of hydrogen-bond donors (Lipinski definition) is 1. The smallest absolute Gasteiger partial charge is 0.283 e. The molecule has 0 bridgehead atoms. The predicted octanol–water partition coefficient (Wildman–Crippen LogP) is 7.29. The summed E-state index contributed by atoms with van der Waals surface area (Å²) in [5.74, 6) is -4.78. The molecule has 1 atom stereocenters. The van der Waals surface area contributed by atoms with Crippen molar-refractivity contribution < 1.29 is 27.8 Å². The van der Waals surface area contributed by atoms with Crippen molar-refractivity contribution in [3.05, 3.63) is 35.1 Å². The Morgan fingerprint density at radius 1 is 0.806 bits per heavy atom. The van der Waals surface area contributed by atoms with Gasteiger partial charge in [0.25, 0.3) is 5.97 Å². The van der Waals surface area contributed by atoms with E-state index in [1.807, 2.05) is 27.7 Å². The van der Waals surface area contributed by atoms with Crippen LogP contribution in [0.1, 0.15) is 98.0 Å². The Bertz CT molecular complexity index is 601. The van der Waals surface area contributed by atoms with Crippen LogP contribution in [0.4, 0.5) is 13.2 Å². The van der Waals surface area contributed by atoms with Gasteiger partial charge in [-0.05, 0) is 53.4 Å². The molecule has 0 aliphatic carbocycles. The molecule has 31 heavy (non-hydrogen) atoms. The fraction of sp³-hybridized carbons (Fsp3) is 0.760. The highest BCUT2D eigenvalue weighted by molar-refractivity contribution is 5.20. The molecule has 0 aromatic heterocycles. The van der Waals surface area contributed by atoms with E-state index in [0.717, 1.165) is 19.3 Å². The molecular formula is C25H41F3O3. The molecule has 0 amide bonds. The van der Waals surface area contributed by atoms with Crippen molar-refractivity contribution >= 4 is 0 Å². The van der Waals surface area contributed by atoms with Crippen LogP contribution in [-0.4, -0.2) is 23.3 Å². The molecule has 0 aliphatic heterocycles. The Hall–Kier alpha value is -1.11. The molecule has 1 N–H and O–H groups in total. The zero-order chi connectivity index (χ0) is 23.4. The summed E-state index contributed by atoms with van der Waals surface area (Å²) < 4.78 is 52.7. The molecule has 1 aromatic carbocycles. The summed E-state index contributed by atoms with van der Waals surface area (Å²) in [5, 5.41) is 11.3. The fourth-order valence-electron chi connectivity index (χ4n) is 3.91. The first kappa shape index (κ1) is 27.9. The summed E-state index contributed by atoms with van der Waals surface area (Å²) >= 11 is 0. The topological polar surface area (TPSA) is 38.7 Å². The van der Waals surface area contributed by atoms with E-state index < -0.39 is 23.4 Å². The Kier molecular flexibility index (Phi) is 12.7. The second-order valence-electron chi connectivity index (χ2n) is 8.96. The number of ether oxygens (including phenoxy) is 2. The zero-order valence-electron chi connectivity index (χ0n) is 19.9. The highest BCUT2D eigenvalue weighted by Gasteiger charge is 2.40. The zero-order valence-corrected chi connectivity index (χ0v) is 19.9. The first-order chi connectivity index (χ1) is 14.6. The molecular weight excluding hydrogens is 405 g/mol. The van der Waals surface area contributed by atoms with Gasteiger partial charge in [-0.1, -0.05) is 45.4 Å². The van der Waals surface area contributed by atoms with Crippen LogP contribution in [0.3, 0.4) is 0 Å². The molecule has 0 radical (unpaired) electrons. The Labute approximate surface area is 186 Å². The van der Waals surface area contributed by atoms with Gasteiger partial charge in [-0.25, -0.2) is 13.2 Å². The van der Waals surface area contributed by atoms with Crippen LogP contribution < -0.4 is 0 Å². The van der Waals surface area contributed by atoms with E-state index in [1.165, 1.54) is 19.3 Å². The van der Waals surface area contributed by atoms with Gasteiger partial charge in [0.05, 0.1) is 12.2 Å². The summed E-state index contributed by atoms with van der Waals surface area (Å²) in [4.78, 5) is 0. The third-order valence-corrected chi connectivity index (χ3v) is 5.32. The standard InChI is InChI=1S/C25H41F3O3/c1-6-7-8-9-10-11-13-20(25(29,30-18(2)3)31-19(4)5)14-12-15-22-23(27)16-21(26)17-24(22)28/h16-20,29H,6-15H2,1-5H3. The second-order valence-corrected chi connectivity index (χ2v) is 8.96. The summed E-state index contributed by atoms with van der Waals surface area (Å²) in [6.45, 7) is 9.51. The molecule has 0 fully saturated rings. The van der Waals surface area contributed by atoms with Gasteiger partial charge in [0, 0.05) is 23.6 Å². The normalized spacial score (nSPS) is 13.4. The molecule has 1 aromatic rings. The van der Waals surface area contributed by atoms with Crippen LogP contribution in [0, 0.1) is 23.4 Å². The van der Waals surface area contributed by atoms with Gasteiger partial charge in [-0.15, -0.1) is 0 Å². The van der Waals surface area contributed by atoms with Crippen molar-refractivity contribution in [3.63, 3.8) is 0 Å². The maximum atomic E-state index is 14.0. The van der Waals surface area contributed by atoms with E-state index in [1.54, 1.807) is 0 Å². The first-order valence-corrected chi connectivity index (χ1v) is 11.8. The second kappa shape index (κ2) is 14.1. The molecule has 0 spiro atoms. The first-order valence-electron chi connectivity index (χ1n) is 11.8. The van der Waals surface area contributed by atoms with Gasteiger partial charge < -0.3 is 14.6 Å². The molecule has 1 rings (SSSR count). The maximum absolute atomic E-state index is 14.0. The summed E-state index contributed by atoms with van der Waals surface area (Å²) in [5.41, 5.74) is -0.127. The molecule has 0 heterocycles. The van der Waals surface area contributed by atoms with Gasteiger partial charge in [0.1, 0.15) is 17.5 Å². The van der Waals surface area contributed by atoms with Crippen LogP contribution >= 0.6 is 0 Å². The summed E-state index contributed by atoms with van der Waals surface area (Å²) in [6.07, 6.45) is 7.91. The van der Waals surface area contributed by atoms with Gasteiger partial charge in [0.15, 0.2) is 0 Å². The number of benzene rings is 1. The molecule has 0 aliphatic rings. The number of hydrogen-bond acceptors (Lipinski definition) is 3. The molecule has 6 heteroatoms. The largest absolute Gasteiger partial charge is 0.343 e. The number of aliphatic hydroxyl groups is 1. The third-order valence-electron chi connectivity index (χ3n) is 5.32. The van der Waals surface area contributed by atoms with Crippen molar-refractivity contribution in [3.8, 4) is 0 Å². The van der Waals surface area contributed by atoms with Crippen molar-refractivity contribution in [2.45, 2.75) is 117 Å². The maximum Gasteiger partial charge on any atom is 0.283 e. The highest BCUT2D eigenvalue weighted by Crippen LogP contribution is 2.33. The van der Waals surface area contributed by atoms with Crippen molar-refractivity contribution in [2.75, 3.05) is 0 Å². The Balaban J connectivity index is 2.85. The number of halogens is 3. The molecule has 0 saturated heterocycles. The number of unbranched alkanes of at least 4 members (excludes halogenated alkanes) is 5. The van der Waals surface area contributed by atoms with Crippen molar-refractivity contribution in [2.24, 2.45) is 5.92 Å². The average Bonchev–Trinajstić information content (AvgIpc) is 2.63. The van der Waals surface area contributed by atoms with E-state index in [2.05, 4.69) is 6.92 Å². The van der Waals surface area contributed by atoms with Gasteiger partial charge in [-0.2, -0.15) is 0 Å². The fourth-order valence-corrected chi connectivity index (χ4v) is 3.91. The molecule has 0 saturated carbocycles. The monoisotopic (exact) mass is 446 g/mol. The minimum Gasteiger partial charge on any atom is -0.343 e. The predicted molar refractivity (Wildman–Crippen MR) is 118 cm³/mol. The van der Waals surface area contributed by atoms with Crippen LogP contribution in [0.15, 0.2) is 12.1 Å². The van der Waals surface area contributed by atoms with Crippen molar-refractivity contribution in [1.29, 1.82) is 0 Å². The van der Waals surface area contributed by atoms with E-state index in [4.69, 9.17) is 9.47 Å². The lowest BCUT2D eigenvalue weighted by molar-refractivity contribution is -0.407. The minimum atomic E-state index is -1.76. The van der Waals surface area contributed by atoms with Crippen molar-refractivity contribution in [1.82, 2.24) is 0 Å². The van der Waals surface area contributed by atoms with Crippen LogP contribution in [-0.2, 0) is 15.9 Å². The van der Waals surface area contributed by atoms with Gasteiger partial charge in [0.2, 0.25) is 0 Å². The lowest BCUT2D eigenvalue weighted by Crippen LogP contribution is -2.47. The third kappa shape index (κ3) is 10.4. The SMILES string of the molecule is CCCCCCCCC(CCCc1c(F)cc(F)cc1F)C(O)(OC(C)C)OC(C)C. The minimum absolute atomic E-state index is 0.115.